The Morgan fingerprint density at radius 2 is 1.98 bits per heavy atom. The maximum Gasteiger partial charge on any atom is 0.275 e. The van der Waals surface area contributed by atoms with Crippen LogP contribution in [-0.4, -0.2) is 83.4 Å². The quantitative estimate of drug-likeness (QED) is 0.420. The molecule has 0 saturated heterocycles. The van der Waals surface area contributed by atoms with Crippen LogP contribution in [0.2, 0.25) is 0 Å². The number of aliphatic hydroxyl groups excluding tert-OH is 1. The first-order valence-electron chi connectivity index (χ1n) is 12.5. The van der Waals surface area contributed by atoms with E-state index in [0.29, 0.717) is 0 Å². The third kappa shape index (κ3) is 6.11. The molecule has 40 heavy (non-hydrogen) atoms. The van der Waals surface area contributed by atoms with E-state index in [4.69, 9.17) is 4.74 Å². The zero-order chi connectivity index (χ0) is 29.0. The summed E-state index contributed by atoms with van der Waals surface area (Å²) in [5.74, 6) is -1.90. The van der Waals surface area contributed by atoms with Crippen LogP contribution in [0.4, 0.5) is 10.1 Å². The first-order valence-corrected chi connectivity index (χ1v) is 14.0. The number of benzene rings is 2. The molecule has 0 bridgehead atoms. The summed E-state index contributed by atoms with van der Waals surface area (Å²) in [7, 11) is -2.62. The predicted molar refractivity (Wildman–Crippen MR) is 144 cm³/mol. The number of nitrogens with one attached hydrogen (secondary N) is 1. The van der Waals surface area contributed by atoms with Gasteiger partial charge in [-0.1, -0.05) is 13.0 Å². The van der Waals surface area contributed by atoms with Crippen LogP contribution in [0.3, 0.4) is 0 Å². The molecular weight excluding hydrogens is 541 g/mol. The highest BCUT2D eigenvalue weighted by Crippen LogP contribution is 2.35. The minimum Gasteiger partial charge on any atom is -0.486 e. The van der Waals surface area contributed by atoms with E-state index in [1.807, 2.05) is 0 Å². The van der Waals surface area contributed by atoms with Crippen LogP contribution in [0.25, 0.3) is 0 Å². The van der Waals surface area contributed by atoms with Crippen molar-refractivity contribution in [1.29, 1.82) is 0 Å². The smallest absolute Gasteiger partial charge is 0.275 e. The lowest BCUT2D eigenvalue weighted by Gasteiger charge is -2.38. The summed E-state index contributed by atoms with van der Waals surface area (Å²) in [5, 5.41) is 12.6. The number of amides is 2. The number of aliphatic hydroxyl groups is 1. The van der Waals surface area contributed by atoms with Crippen molar-refractivity contribution in [3.05, 3.63) is 78.1 Å². The van der Waals surface area contributed by atoms with E-state index in [1.54, 1.807) is 32.0 Å². The van der Waals surface area contributed by atoms with Gasteiger partial charge in [0, 0.05) is 31.9 Å². The normalized spacial score (nSPS) is 18.4. The van der Waals surface area contributed by atoms with Gasteiger partial charge in [0.1, 0.15) is 17.6 Å². The molecule has 0 saturated carbocycles. The SMILES string of the molecule is C[C@H](CO)N1C[C@H](C)[C@H](CN(C)S(=O)(=O)c2ccc(F)cc2)Oc2c(NC(=O)c3cnccn3)cccc2C1=O. The zero-order valence-corrected chi connectivity index (χ0v) is 23.0. The first kappa shape index (κ1) is 29.1. The van der Waals surface area contributed by atoms with Crippen molar-refractivity contribution < 1.29 is 32.2 Å². The molecule has 11 nitrogen and oxygen atoms in total. The molecule has 0 radical (unpaired) electrons. The van der Waals surface area contributed by atoms with E-state index in [1.165, 1.54) is 42.7 Å². The molecule has 2 amide bonds. The van der Waals surface area contributed by atoms with Gasteiger partial charge in [-0.2, -0.15) is 4.31 Å². The Labute approximate surface area is 231 Å². The molecule has 3 aromatic rings. The van der Waals surface area contributed by atoms with Crippen LogP contribution in [0.15, 0.2) is 66.0 Å². The summed E-state index contributed by atoms with van der Waals surface area (Å²) < 4.78 is 47.3. The van der Waals surface area contributed by atoms with Crippen molar-refractivity contribution in [3.63, 3.8) is 0 Å². The van der Waals surface area contributed by atoms with Gasteiger partial charge < -0.3 is 20.1 Å². The van der Waals surface area contributed by atoms with Gasteiger partial charge in [-0.15, -0.1) is 0 Å². The van der Waals surface area contributed by atoms with Gasteiger partial charge in [0.05, 0.1) is 41.5 Å². The fourth-order valence-electron chi connectivity index (χ4n) is 4.30. The maximum absolute atomic E-state index is 13.6. The van der Waals surface area contributed by atoms with Gasteiger partial charge in [-0.25, -0.2) is 17.8 Å². The Kier molecular flexibility index (Phi) is 8.76. The Balaban J connectivity index is 1.72. The lowest BCUT2D eigenvalue weighted by atomic mass is 9.99. The summed E-state index contributed by atoms with van der Waals surface area (Å²) in [6.07, 6.45) is 3.30. The molecule has 2 N–H and O–H groups in total. The highest BCUT2D eigenvalue weighted by molar-refractivity contribution is 7.89. The highest BCUT2D eigenvalue weighted by Gasteiger charge is 2.36. The van der Waals surface area contributed by atoms with Gasteiger partial charge in [0.15, 0.2) is 5.75 Å². The number of hydrogen-bond acceptors (Lipinski definition) is 8. The second-order valence-corrected chi connectivity index (χ2v) is 11.6. The monoisotopic (exact) mass is 571 g/mol. The number of rotatable bonds is 8. The third-order valence-electron chi connectivity index (χ3n) is 6.69. The predicted octanol–water partition coefficient (Wildman–Crippen LogP) is 2.41. The van der Waals surface area contributed by atoms with Crippen molar-refractivity contribution >= 4 is 27.5 Å². The van der Waals surface area contributed by atoms with E-state index in [0.717, 1.165) is 16.4 Å². The second kappa shape index (κ2) is 12.1. The molecule has 1 aromatic heterocycles. The molecular formula is C27H30FN5O6S. The van der Waals surface area contributed by atoms with Crippen LogP contribution in [0.1, 0.15) is 34.7 Å². The number of carbonyl (C=O) groups excluding carboxylic acids is 2. The Morgan fingerprint density at radius 3 is 2.62 bits per heavy atom. The average Bonchev–Trinajstić information content (AvgIpc) is 2.95. The number of aromatic nitrogens is 2. The number of sulfonamides is 1. The molecule has 0 fully saturated rings. The van der Waals surface area contributed by atoms with Crippen LogP contribution in [-0.2, 0) is 10.0 Å². The zero-order valence-electron chi connectivity index (χ0n) is 22.2. The van der Waals surface area contributed by atoms with Gasteiger partial charge >= 0.3 is 0 Å². The van der Waals surface area contributed by atoms with Crippen LogP contribution < -0.4 is 10.1 Å². The van der Waals surface area contributed by atoms with Crippen molar-refractivity contribution in [2.45, 2.75) is 30.9 Å². The maximum atomic E-state index is 13.6. The summed E-state index contributed by atoms with van der Waals surface area (Å²) in [4.78, 5) is 35.8. The number of halogens is 1. The molecule has 0 unspecified atom stereocenters. The highest BCUT2D eigenvalue weighted by atomic mass is 32.2. The number of carbonyl (C=O) groups is 2. The molecule has 1 aliphatic heterocycles. The summed E-state index contributed by atoms with van der Waals surface area (Å²) in [5.41, 5.74) is 0.363. The van der Waals surface area contributed by atoms with Crippen molar-refractivity contribution in [3.8, 4) is 5.75 Å². The van der Waals surface area contributed by atoms with E-state index in [-0.39, 0.29) is 47.3 Å². The van der Waals surface area contributed by atoms with E-state index >= 15 is 0 Å². The molecule has 1 aliphatic rings. The van der Waals surface area contributed by atoms with Crippen LogP contribution in [0.5, 0.6) is 5.75 Å². The van der Waals surface area contributed by atoms with Crippen molar-refractivity contribution in [2.75, 3.05) is 32.1 Å². The first-order chi connectivity index (χ1) is 19.0. The molecule has 2 heterocycles. The largest absolute Gasteiger partial charge is 0.486 e. The second-order valence-electron chi connectivity index (χ2n) is 9.59. The van der Waals surface area contributed by atoms with Crippen molar-refractivity contribution in [1.82, 2.24) is 19.2 Å². The number of likely N-dealkylation sites (N-methyl/N-ethyl adjacent to an activating group) is 1. The standard InChI is InChI=1S/C27H30FN5O6S/c1-17-14-33(18(2)16-34)27(36)21-5-4-6-22(31-26(35)23-13-29-11-12-30-23)25(21)39-24(17)15-32(3)40(37,38)20-9-7-19(28)8-10-20/h4-13,17-18,24,34H,14-16H2,1-3H3,(H,31,35)/t17-,18+,24-/m0/s1. The number of ether oxygens (including phenoxy) is 1. The molecule has 0 spiro atoms. The Bertz CT molecular complexity index is 1470. The van der Waals surface area contributed by atoms with Gasteiger partial charge in [-0.3, -0.25) is 14.6 Å². The number of anilines is 1. The molecule has 2 aromatic carbocycles. The molecule has 3 atom stereocenters. The van der Waals surface area contributed by atoms with E-state index < -0.39 is 45.7 Å². The summed E-state index contributed by atoms with van der Waals surface area (Å²) in [6.45, 7) is 3.26. The Morgan fingerprint density at radius 1 is 1.25 bits per heavy atom. The molecule has 4 rings (SSSR count). The average molecular weight is 572 g/mol. The Hall–Kier alpha value is -3.94. The topological polar surface area (TPSA) is 142 Å². The van der Waals surface area contributed by atoms with Gasteiger partial charge in [0.25, 0.3) is 11.8 Å². The van der Waals surface area contributed by atoms with E-state index in [9.17, 15) is 27.5 Å². The number of nitrogens with zero attached hydrogens (tertiary/aromatic N) is 4. The minimum atomic E-state index is -4.01. The van der Waals surface area contributed by atoms with Crippen LogP contribution in [0, 0.1) is 11.7 Å². The van der Waals surface area contributed by atoms with Gasteiger partial charge in [0.2, 0.25) is 10.0 Å². The lowest BCUT2D eigenvalue weighted by molar-refractivity contribution is 0.0388. The van der Waals surface area contributed by atoms with Crippen molar-refractivity contribution in [2.24, 2.45) is 5.92 Å². The number of fused-ring (bicyclic) bond motifs is 1. The summed E-state index contributed by atoms with van der Waals surface area (Å²) in [6, 6.07) is 8.64. The summed E-state index contributed by atoms with van der Waals surface area (Å²) >= 11 is 0. The fraction of sp³-hybridized carbons (Fsp3) is 0.333. The van der Waals surface area contributed by atoms with E-state index in [2.05, 4.69) is 15.3 Å². The van der Waals surface area contributed by atoms with Crippen LogP contribution >= 0.6 is 0 Å². The number of para-hydroxylation sites is 1. The fourth-order valence-corrected chi connectivity index (χ4v) is 5.48. The third-order valence-corrected chi connectivity index (χ3v) is 8.53. The molecule has 0 aliphatic carbocycles. The lowest BCUT2D eigenvalue weighted by Crippen LogP contribution is -2.50. The molecule has 13 heteroatoms. The minimum absolute atomic E-state index is 0.0443. The van der Waals surface area contributed by atoms with Gasteiger partial charge in [-0.05, 0) is 43.3 Å². The number of hydrogen-bond donors (Lipinski definition) is 2. The molecule has 212 valence electrons.